The first-order valence-electron chi connectivity index (χ1n) is 4.00. The molecule has 0 radical (unpaired) electrons. The number of nitrogens with one attached hydrogen (secondary N) is 1. The Morgan fingerprint density at radius 2 is 2.15 bits per heavy atom. The highest BCUT2D eigenvalue weighted by molar-refractivity contribution is 6.32. The van der Waals surface area contributed by atoms with Crippen molar-refractivity contribution in [1.29, 1.82) is 0 Å². The Balaban J connectivity index is 2.97. The summed E-state index contributed by atoms with van der Waals surface area (Å²) in [4.78, 5) is 0. The lowest BCUT2D eigenvalue weighted by molar-refractivity contribution is 1.07. The van der Waals surface area contributed by atoms with Gasteiger partial charge in [-0.25, -0.2) is 0 Å². The molecule has 0 unspecified atom stereocenters. The Kier molecular flexibility index (Phi) is 1.70. The molecule has 0 amide bonds. The lowest BCUT2D eigenvalue weighted by Gasteiger charge is -2.03. The first-order chi connectivity index (χ1) is 6.11. The van der Waals surface area contributed by atoms with E-state index in [4.69, 9.17) is 17.3 Å². The van der Waals surface area contributed by atoms with E-state index in [9.17, 15) is 0 Å². The van der Waals surface area contributed by atoms with Gasteiger partial charge in [-0.05, 0) is 25.5 Å². The topological polar surface area (TPSA) is 54.7 Å². The minimum atomic E-state index is 0.663. The number of hydrogen-bond donors (Lipinski definition) is 2. The molecule has 0 aliphatic rings. The predicted octanol–water partition coefficient (Wildman–Crippen LogP) is 2.42. The van der Waals surface area contributed by atoms with Crippen LogP contribution in [0.15, 0.2) is 6.07 Å². The molecule has 2 aromatic rings. The van der Waals surface area contributed by atoms with Crippen molar-refractivity contribution in [3.63, 3.8) is 0 Å². The number of hydrogen-bond acceptors (Lipinski definition) is 2. The van der Waals surface area contributed by atoms with Crippen molar-refractivity contribution < 1.29 is 0 Å². The Morgan fingerprint density at radius 3 is 2.85 bits per heavy atom. The number of rotatable bonds is 0. The van der Waals surface area contributed by atoms with Gasteiger partial charge in [0.2, 0.25) is 0 Å². The van der Waals surface area contributed by atoms with Crippen LogP contribution in [0.25, 0.3) is 10.9 Å². The molecule has 0 saturated carbocycles. The number of benzene rings is 1. The van der Waals surface area contributed by atoms with Crippen molar-refractivity contribution in [3.8, 4) is 0 Å². The van der Waals surface area contributed by atoms with Gasteiger partial charge >= 0.3 is 0 Å². The third-order valence-electron chi connectivity index (χ3n) is 2.27. The number of aromatic nitrogens is 2. The average Bonchev–Trinajstić information content (AvgIpc) is 2.43. The van der Waals surface area contributed by atoms with Crippen LogP contribution < -0.4 is 5.73 Å². The Labute approximate surface area is 80.9 Å². The SMILES string of the molecule is Cc1c(Cl)cc2n[nH]c(C)c2c1N. The fraction of sp³-hybridized carbons (Fsp3) is 0.222. The summed E-state index contributed by atoms with van der Waals surface area (Å²) >= 11 is 5.97. The van der Waals surface area contributed by atoms with Gasteiger partial charge in [-0.2, -0.15) is 5.10 Å². The van der Waals surface area contributed by atoms with Crippen molar-refractivity contribution in [2.75, 3.05) is 5.73 Å². The first-order valence-corrected chi connectivity index (χ1v) is 4.38. The quantitative estimate of drug-likeness (QED) is 0.635. The summed E-state index contributed by atoms with van der Waals surface area (Å²) < 4.78 is 0. The van der Waals surface area contributed by atoms with Gasteiger partial charge in [-0.1, -0.05) is 11.6 Å². The average molecular weight is 196 g/mol. The van der Waals surface area contributed by atoms with Gasteiger partial charge in [0.15, 0.2) is 0 Å². The largest absolute Gasteiger partial charge is 0.398 e. The molecule has 3 N–H and O–H groups in total. The molecule has 0 atom stereocenters. The second-order valence-corrected chi connectivity index (χ2v) is 3.55. The molecule has 13 heavy (non-hydrogen) atoms. The number of aryl methyl sites for hydroxylation is 1. The molecule has 1 aromatic carbocycles. The molecule has 0 bridgehead atoms. The highest BCUT2D eigenvalue weighted by Crippen LogP contribution is 2.31. The van der Waals surface area contributed by atoms with Gasteiger partial charge in [0.25, 0.3) is 0 Å². The van der Waals surface area contributed by atoms with Crippen LogP contribution in [0.2, 0.25) is 5.02 Å². The zero-order valence-electron chi connectivity index (χ0n) is 7.48. The third kappa shape index (κ3) is 1.08. The summed E-state index contributed by atoms with van der Waals surface area (Å²) in [5.74, 6) is 0. The van der Waals surface area contributed by atoms with E-state index in [1.807, 2.05) is 19.9 Å². The van der Waals surface area contributed by atoms with Crippen molar-refractivity contribution in [2.45, 2.75) is 13.8 Å². The van der Waals surface area contributed by atoms with E-state index in [0.717, 1.165) is 22.2 Å². The molecule has 1 aromatic heterocycles. The molecule has 0 aliphatic heterocycles. The zero-order chi connectivity index (χ0) is 9.59. The van der Waals surface area contributed by atoms with E-state index >= 15 is 0 Å². The Bertz CT molecular complexity index is 473. The number of nitrogen functional groups attached to an aromatic ring is 1. The molecule has 2 rings (SSSR count). The fourth-order valence-electron chi connectivity index (χ4n) is 1.44. The van der Waals surface area contributed by atoms with Crippen molar-refractivity contribution in [3.05, 3.63) is 22.3 Å². The normalized spacial score (nSPS) is 11.0. The summed E-state index contributed by atoms with van der Waals surface area (Å²) in [6.07, 6.45) is 0. The fourth-order valence-corrected chi connectivity index (χ4v) is 1.64. The number of aromatic amines is 1. The maximum absolute atomic E-state index is 5.97. The van der Waals surface area contributed by atoms with Crippen LogP contribution >= 0.6 is 11.6 Å². The smallest absolute Gasteiger partial charge is 0.0959 e. The van der Waals surface area contributed by atoms with Gasteiger partial charge in [0.05, 0.1) is 5.52 Å². The van der Waals surface area contributed by atoms with Crippen LogP contribution in [0.1, 0.15) is 11.3 Å². The maximum atomic E-state index is 5.97. The lowest BCUT2D eigenvalue weighted by atomic mass is 10.1. The van der Waals surface area contributed by atoms with Crippen molar-refractivity contribution in [2.24, 2.45) is 0 Å². The van der Waals surface area contributed by atoms with Gasteiger partial charge in [0, 0.05) is 21.8 Å². The predicted molar refractivity (Wildman–Crippen MR) is 55.0 cm³/mol. The molecule has 0 aliphatic carbocycles. The molecule has 0 fully saturated rings. The molecule has 0 saturated heterocycles. The number of nitrogens with zero attached hydrogens (tertiary/aromatic N) is 1. The Morgan fingerprint density at radius 1 is 1.46 bits per heavy atom. The maximum Gasteiger partial charge on any atom is 0.0959 e. The highest BCUT2D eigenvalue weighted by Gasteiger charge is 2.10. The van der Waals surface area contributed by atoms with E-state index in [2.05, 4.69) is 10.2 Å². The second kappa shape index (κ2) is 2.64. The van der Waals surface area contributed by atoms with Crippen molar-refractivity contribution >= 4 is 28.2 Å². The number of halogens is 1. The Hall–Kier alpha value is -1.22. The lowest BCUT2D eigenvalue weighted by Crippen LogP contribution is -1.92. The number of nitrogens with two attached hydrogens (primary N) is 1. The van der Waals surface area contributed by atoms with Crippen molar-refractivity contribution in [1.82, 2.24) is 10.2 Å². The number of fused-ring (bicyclic) bond motifs is 1. The highest BCUT2D eigenvalue weighted by atomic mass is 35.5. The summed E-state index contributed by atoms with van der Waals surface area (Å²) in [7, 11) is 0. The van der Waals surface area contributed by atoms with Gasteiger partial charge in [-0.3, -0.25) is 5.10 Å². The van der Waals surface area contributed by atoms with E-state index in [-0.39, 0.29) is 0 Å². The summed E-state index contributed by atoms with van der Waals surface area (Å²) in [6, 6.07) is 1.83. The van der Waals surface area contributed by atoms with E-state index < -0.39 is 0 Å². The van der Waals surface area contributed by atoms with Crippen LogP contribution in [0.3, 0.4) is 0 Å². The third-order valence-corrected chi connectivity index (χ3v) is 2.66. The molecular formula is C9H10ClN3. The monoisotopic (exact) mass is 195 g/mol. The van der Waals surface area contributed by atoms with E-state index in [0.29, 0.717) is 10.7 Å². The van der Waals surface area contributed by atoms with Gasteiger partial charge < -0.3 is 5.73 Å². The zero-order valence-corrected chi connectivity index (χ0v) is 8.24. The number of anilines is 1. The number of H-pyrrole nitrogens is 1. The van der Waals surface area contributed by atoms with Crippen LogP contribution in [0.4, 0.5) is 5.69 Å². The van der Waals surface area contributed by atoms with Crippen LogP contribution in [-0.2, 0) is 0 Å². The molecule has 3 nitrogen and oxygen atoms in total. The summed E-state index contributed by atoms with van der Waals surface area (Å²) in [5.41, 5.74) is 9.36. The van der Waals surface area contributed by atoms with Gasteiger partial charge in [-0.15, -0.1) is 0 Å². The molecule has 0 spiro atoms. The minimum absolute atomic E-state index is 0.663. The van der Waals surface area contributed by atoms with Crippen LogP contribution in [-0.4, -0.2) is 10.2 Å². The standard InChI is InChI=1S/C9H10ClN3/c1-4-6(10)3-7-8(9(4)11)5(2)12-13-7/h3H,11H2,1-2H3,(H,12,13). The van der Waals surface area contributed by atoms with E-state index in [1.54, 1.807) is 0 Å². The van der Waals surface area contributed by atoms with Gasteiger partial charge in [0.1, 0.15) is 0 Å². The molecule has 4 heteroatoms. The summed E-state index contributed by atoms with van der Waals surface area (Å²) in [5, 5.41) is 8.61. The minimum Gasteiger partial charge on any atom is -0.398 e. The molecule has 1 heterocycles. The molecule has 68 valence electrons. The summed E-state index contributed by atoms with van der Waals surface area (Å²) in [6.45, 7) is 3.85. The second-order valence-electron chi connectivity index (χ2n) is 3.14. The van der Waals surface area contributed by atoms with Crippen LogP contribution in [0, 0.1) is 13.8 Å². The molecular weight excluding hydrogens is 186 g/mol. The van der Waals surface area contributed by atoms with E-state index in [1.165, 1.54) is 0 Å². The van der Waals surface area contributed by atoms with Crippen LogP contribution in [0.5, 0.6) is 0 Å². The first kappa shape index (κ1) is 8.38.